The van der Waals surface area contributed by atoms with Gasteiger partial charge in [0.1, 0.15) is 16.7 Å². The Morgan fingerprint density at radius 2 is 1.84 bits per heavy atom. The lowest BCUT2D eigenvalue weighted by Gasteiger charge is -2.46. The van der Waals surface area contributed by atoms with Gasteiger partial charge in [0, 0.05) is 61.6 Å². The quantitative estimate of drug-likeness (QED) is 0.497. The van der Waals surface area contributed by atoms with Crippen LogP contribution >= 0.6 is 23.4 Å². The Kier molecular flexibility index (Phi) is 6.30. The number of hydrogen-bond acceptors (Lipinski definition) is 9. The number of fused-ring (bicyclic) bond motifs is 1. The highest BCUT2D eigenvalue weighted by Gasteiger charge is 2.46. The van der Waals surface area contributed by atoms with Crippen LogP contribution in [0.5, 0.6) is 0 Å². The van der Waals surface area contributed by atoms with Gasteiger partial charge in [-0.25, -0.2) is 15.0 Å². The molecule has 8 nitrogen and oxygen atoms in total. The van der Waals surface area contributed by atoms with Crippen molar-refractivity contribution in [2.75, 3.05) is 36.0 Å². The summed E-state index contributed by atoms with van der Waals surface area (Å²) >= 11 is 8.22. The second-order valence-corrected chi connectivity index (χ2v) is 12.5. The fourth-order valence-corrected chi connectivity index (χ4v) is 6.92. The van der Waals surface area contributed by atoms with E-state index in [4.69, 9.17) is 22.3 Å². The molecule has 194 valence electrons. The zero-order chi connectivity index (χ0) is 25.8. The lowest BCUT2D eigenvalue weighted by molar-refractivity contribution is 0.00438. The molecule has 0 unspecified atom stereocenters. The molecule has 2 aliphatic heterocycles. The Bertz CT molecular complexity index is 1280. The number of nitrogens with zero attached hydrogens (tertiary/aromatic N) is 6. The average Bonchev–Trinajstić information content (AvgIpc) is 3.12. The summed E-state index contributed by atoms with van der Waals surface area (Å²) in [6.07, 6.45) is 12.3. The minimum absolute atomic E-state index is 0.0739. The molecule has 3 aromatic rings. The number of halogens is 1. The van der Waals surface area contributed by atoms with Gasteiger partial charge in [-0.2, -0.15) is 0 Å². The zero-order valence-electron chi connectivity index (χ0n) is 21.1. The molecule has 1 atom stereocenters. The Morgan fingerprint density at radius 1 is 1.05 bits per heavy atom. The van der Waals surface area contributed by atoms with Crippen molar-refractivity contribution in [1.82, 2.24) is 19.9 Å². The fourth-order valence-electron chi connectivity index (χ4n) is 5.83. The maximum Gasteiger partial charge on any atom is 0.148 e. The zero-order valence-corrected chi connectivity index (χ0v) is 22.7. The maximum atomic E-state index is 10.2. The highest BCUT2D eigenvalue weighted by Crippen LogP contribution is 2.50. The molecule has 0 bridgehead atoms. The summed E-state index contributed by atoms with van der Waals surface area (Å²) in [4.78, 5) is 23.5. The molecule has 37 heavy (non-hydrogen) atoms. The van der Waals surface area contributed by atoms with E-state index in [1.54, 1.807) is 6.20 Å². The van der Waals surface area contributed by atoms with Gasteiger partial charge >= 0.3 is 0 Å². The topological polar surface area (TPSA) is 104 Å². The number of anilines is 2. The number of nitrogens with two attached hydrogens (primary N) is 1. The largest absolute Gasteiger partial charge is 0.390 e. The lowest BCUT2D eigenvalue weighted by Crippen LogP contribution is -2.56. The van der Waals surface area contributed by atoms with Crippen molar-refractivity contribution in [3.63, 3.8) is 0 Å². The first kappa shape index (κ1) is 24.9. The molecule has 2 saturated heterocycles. The second-order valence-electron chi connectivity index (χ2n) is 11.1. The van der Waals surface area contributed by atoms with E-state index in [0.717, 1.165) is 67.0 Å². The number of hydrogen-bond donors (Lipinski definition) is 2. The number of pyridine rings is 2. The SMILES string of the molecule is CC(C)(O)C1CN(c2nccc(Sc3cnc(N4CCC5(CC4)Cc4cnccc4[C@H]5N)cn3)c2Cl)C1. The molecule has 0 saturated carbocycles. The first-order valence-electron chi connectivity index (χ1n) is 12.8. The van der Waals surface area contributed by atoms with E-state index in [1.165, 1.54) is 22.9 Å². The Morgan fingerprint density at radius 3 is 2.51 bits per heavy atom. The van der Waals surface area contributed by atoms with E-state index < -0.39 is 5.60 Å². The summed E-state index contributed by atoms with van der Waals surface area (Å²) in [7, 11) is 0. The molecule has 0 amide bonds. The summed E-state index contributed by atoms with van der Waals surface area (Å²) in [5, 5.41) is 11.6. The second kappa shape index (κ2) is 9.38. The van der Waals surface area contributed by atoms with Crippen molar-refractivity contribution in [1.29, 1.82) is 0 Å². The molecule has 2 fully saturated rings. The highest BCUT2D eigenvalue weighted by molar-refractivity contribution is 7.99. The van der Waals surface area contributed by atoms with Crippen LogP contribution in [0, 0.1) is 11.3 Å². The maximum absolute atomic E-state index is 10.2. The van der Waals surface area contributed by atoms with Crippen molar-refractivity contribution in [2.45, 2.75) is 54.7 Å². The van der Waals surface area contributed by atoms with Crippen molar-refractivity contribution in [3.8, 4) is 0 Å². The third-order valence-electron chi connectivity index (χ3n) is 8.41. The van der Waals surface area contributed by atoms with Gasteiger partial charge in [-0.1, -0.05) is 23.4 Å². The minimum Gasteiger partial charge on any atom is -0.390 e. The smallest absolute Gasteiger partial charge is 0.148 e. The highest BCUT2D eigenvalue weighted by atomic mass is 35.5. The number of aromatic nitrogens is 4. The molecule has 5 heterocycles. The van der Waals surface area contributed by atoms with Crippen molar-refractivity contribution >= 4 is 35.0 Å². The van der Waals surface area contributed by atoms with E-state index in [0.29, 0.717) is 5.02 Å². The summed E-state index contributed by atoms with van der Waals surface area (Å²) < 4.78 is 0. The van der Waals surface area contributed by atoms with Crippen LogP contribution in [0.1, 0.15) is 43.9 Å². The van der Waals surface area contributed by atoms with Crippen LogP contribution in [0.4, 0.5) is 11.6 Å². The molecule has 1 spiro atoms. The number of aliphatic hydroxyl groups is 1. The summed E-state index contributed by atoms with van der Waals surface area (Å²) in [6.45, 7) is 7.00. The monoisotopic (exact) mass is 537 g/mol. The van der Waals surface area contributed by atoms with E-state index in [2.05, 4.69) is 30.8 Å². The normalized spacial score (nSPS) is 21.3. The molecule has 0 aromatic carbocycles. The molecule has 0 radical (unpaired) electrons. The molecule has 3 aromatic heterocycles. The van der Waals surface area contributed by atoms with E-state index in [-0.39, 0.29) is 17.4 Å². The molecule has 1 aliphatic carbocycles. The predicted molar refractivity (Wildman–Crippen MR) is 146 cm³/mol. The van der Waals surface area contributed by atoms with Crippen LogP contribution in [0.25, 0.3) is 0 Å². The van der Waals surface area contributed by atoms with Gasteiger partial charge in [-0.15, -0.1) is 0 Å². The van der Waals surface area contributed by atoms with Gasteiger partial charge in [0.05, 0.1) is 23.0 Å². The molecule has 6 rings (SSSR count). The van der Waals surface area contributed by atoms with Crippen LogP contribution in [-0.4, -0.2) is 56.8 Å². The Balaban J connectivity index is 1.09. The van der Waals surface area contributed by atoms with Crippen LogP contribution in [0.15, 0.2) is 53.0 Å². The van der Waals surface area contributed by atoms with Crippen LogP contribution in [-0.2, 0) is 6.42 Å². The molecule has 10 heteroatoms. The minimum atomic E-state index is -0.701. The molecule has 3 aliphatic rings. The summed E-state index contributed by atoms with van der Waals surface area (Å²) in [5.74, 6) is 1.85. The molecular formula is C27H32ClN7OS. The molecular weight excluding hydrogens is 506 g/mol. The lowest BCUT2D eigenvalue weighted by atomic mass is 9.73. The van der Waals surface area contributed by atoms with E-state index in [1.807, 2.05) is 44.7 Å². The van der Waals surface area contributed by atoms with Gasteiger partial charge < -0.3 is 20.6 Å². The molecule has 3 N–H and O–H groups in total. The third-order valence-corrected chi connectivity index (χ3v) is 9.87. The van der Waals surface area contributed by atoms with Crippen LogP contribution < -0.4 is 15.5 Å². The Hall–Kier alpha value is -2.46. The standard InChI is InChI=1S/C27H32ClN7OS/c1-26(2,36)18-15-35(16-18)25-23(28)20(4-8-31-25)37-22-14-32-21(13-33-22)34-9-5-27(6-10-34)11-17-12-30-7-3-19(17)24(27)29/h3-4,7-8,12-14,18,24,36H,5-6,9-11,15-16,29H2,1-2H3/t24-/m1/s1. The van der Waals surface area contributed by atoms with Gasteiger partial charge in [-0.3, -0.25) is 4.98 Å². The number of rotatable bonds is 5. The predicted octanol–water partition coefficient (Wildman–Crippen LogP) is 4.12. The first-order valence-corrected chi connectivity index (χ1v) is 14.0. The van der Waals surface area contributed by atoms with Gasteiger partial charge in [0.2, 0.25) is 0 Å². The van der Waals surface area contributed by atoms with Crippen molar-refractivity contribution < 1.29 is 5.11 Å². The average molecular weight is 538 g/mol. The van der Waals surface area contributed by atoms with Crippen LogP contribution in [0.2, 0.25) is 5.02 Å². The van der Waals surface area contributed by atoms with Gasteiger partial charge in [0.25, 0.3) is 0 Å². The van der Waals surface area contributed by atoms with Gasteiger partial charge in [-0.05, 0) is 61.8 Å². The van der Waals surface area contributed by atoms with Crippen LogP contribution in [0.3, 0.4) is 0 Å². The van der Waals surface area contributed by atoms with E-state index in [9.17, 15) is 5.11 Å². The van der Waals surface area contributed by atoms with Crippen molar-refractivity contribution in [3.05, 3.63) is 59.3 Å². The van der Waals surface area contributed by atoms with Crippen molar-refractivity contribution in [2.24, 2.45) is 17.1 Å². The van der Waals surface area contributed by atoms with Gasteiger partial charge in [0.15, 0.2) is 0 Å². The summed E-state index contributed by atoms with van der Waals surface area (Å²) in [6, 6.07) is 4.06. The summed E-state index contributed by atoms with van der Waals surface area (Å²) in [5.41, 5.74) is 8.68. The fraction of sp³-hybridized carbons (Fsp3) is 0.481. The third kappa shape index (κ3) is 4.56. The van der Waals surface area contributed by atoms with E-state index >= 15 is 0 Å². The number of piperidine rings is 1. The first-order chi connectivity index (χ1) is 17.7. The Labute approximate surface area is 226 Å².